The number of thioether (sulfide) groups is 1. The Hall–Kier alpha value is -1.59. The van der Waals surface area contributed by atoms with Gasteiger partial charge in [-0.05, 0) is 25.3 Å². The van der Waals surface area contributed by atoms with Gasteiger partial charge >= 0.3 is 0 Å². The molecule has 0 fully saturated rings. The molecule has 0 saturated carbocycles. The number of ether oxygens (including phenoxy) is 1. The van der Waals surface area contributed by atoms with Crippen LogP contribution in [0.5, 0.6) is 11.6 Å². The summed E-state index contributed by atoms with van der Waals surface area (Å²) in [6, 6.07) is 7.67. The first-order chi connectivity index (χ1) is 8.72. The van der Waals surface area contributed by atoms with E-state index in [0.29, 0.717) is 22.3 Å². The summed E-state index contributed by atoms with van der Waals surface area (Å²) in [5, 5.41) is 9.86. The highest BCUT2D eigenvalue weighted by Crippen LogP contribution is 2.25. The summed E-state index contributed by atoms with van der Waals surface area (Å²) < 4.78 is 5.67. The highest BCUT2D eigenvalue weighted by molar-refractivity contribution is 7.98. The number of benzene rings is 1. The van der Waals surface area contributed by atoms with E-state index < -0.39 is 0 Å². The molecule has 1 N–H and O–H groups in total. The maximum absolute atomic E-state index is 9.24. The van der Waals surface area contributed by atoms with Crippen molar-refractivity contribution in [2.45, 2.75) is 18.7 Å². The quantitative estimate of drug-likeness (QED) is 0.678. The summed E-state index contributed by atoms with van der Waals surface area (Å²) in [5.74, 6) is 1.10. The summed E-state index contributed by atoms with van der Waals surface area (Å²) in [6.07, 6.45) is 3.48. The lowest BCUT2D eigenvalue weighted by Crippen LogP contribution is -1.98. The fourth-order valence-corrected chi connectivity index (χ4v) is 1.72. The van der Waals surface area contributed by atoms with Gasteiger partial charge in [-0.2, -0.15) is 4.98 Å². The van der Waals surface area contributed by atoms with Crippen LogP contribution in [0.3, 0.4) is 0 Å². The van der Waals surface area contributed by atoms with Crippen LogP contribution in [-0.2, 0) is 6.61 Å². The second-order valence-electron chi connectivity index (χ2n) is 3.76. The van der Waals surface area contributed by atoms with Gasteiger partial charge in [0.25, 0.3) is 0 Å². The maximum atomic E-state index is 9.24. The third-order valence-electron chi connectivity index (χ3n) is 2.39. The first-order valence-electron chi connectivity index (χ1n) is 5.48. The summed E-state index contributed by atoms with van der Waals surface area (Å²) >= 11 is 1.43. The maximum Gasteiger partial charge on any atom is 0.228 e. The Morgan fingerprint density at radius 1 is 1.28 bits per heavy atom. The van der Waals surface area contributed by atoms with E-state index in [-0.39, 0.29) is 6.61 Å². The first kappa shape index (κ1) is 12.9. The average molecular weight is 262 g/mol. The molecule has 0 spiro atoms. The number of aliphatic hydroxyl groups is 1. The second-order valence-corrected chi connectivity index (χ2v) is 4.53. The SMILES string of the molecule is CSc1ncc(CO)c(Oc2ccc(C)cc2)n1. The molecule has 0 radical (unpaired) electrons. The molecule has 2 aromatic rings. The number of aromatic nitrogens is 2. The van der Waals surface area contributed by atoms with E-state index in [1.165, 1.54) is 11.8 Å². The molecule has 1 aromatic carbocycles. The van der Waals surface area contributed by atoms with Crippen molar-refractivity contribution in [2.75, 3.05) is 6.26 Å². The lowest BCUT2D eigenvalue weighted by molar-refractivity contribution is 0.273. The van der Waals surface area contributed by atoms with Crippen LogP contribution < -0.4 is 4.74 Å². The summed E-state index contributed by atoms with van der Waals surface area (Å²) in [4.78, 5) is 8.35. The van der Waals surface area contributed by atoms with Gasteiger partial charge in [-0.25, -0.2) is 4.98 Å². The van der Waals surface area contributed by atoms with E-state index in [2.05, 4.69) is 9.97 Å². The Labute approximate surface area is 110 Å². The van der Waals surface area contributed by atoms with Gasteiger partial charge in [-0.3, -0.25) is 0 Å². The molecule has 5 heteroatoms. The number of hydrogen-bond donors (Lipinski definition) is 1. The molecule has 0 bridgehead atoms. The minimum atomic E-state index is -0.143. The zero-order chi connectivity index (χ0) is 13.0. The van der Waals surface area contributed by atoms with E-state index in [9.17, 15) is 5.11 Å². The van der Waals surface area contributed by atoms with E-state index in [1.54, 1.807) is 6.20 Å². The van der Waals surface area contributed by atoms with Crippen molar-refractivity contribution in [3.63, 3.8) is 0 Å². The molecule has 0 atom stereocenters. The Balaban J connectivity index is 2.29. The molecule has 1 aromatic heterocycles. The Morgan fingerprint density at radius 2 is 2.00 bits per heavy atom. The first-order valence-corrected chi connectivity index (χ1v) is 6.70. The zero-order valence-corrected chi connectivity index (χ0v) is 11.1. The normalized spacial score (nSPS) is 10.4. The summed E-state index contributed by atoms with van der Waals surface area (Å²) in [7, 11) is 0. The van der Waals surface area contributed by atoms with Gasteiger partial charge in [0, 0.05) is 6.20 Å². The molecule has 0 aliphatic carbocycles. The van der Waals surface area contributed by atoms with Crippen molar-refractivity contribution >= 4 is 11.8 Å². The number of aryl methyl sites for hydroxylation is 1. The average Bonchev–Trinajstić information content (AvgIpc) is 2.41. The lowest BCUT2D eigenvalue weighted by Gasteiger charge is -2.09. The second kappa shape index (κ2) is 5.84. The number of rotatable bonds is 4. The fourth-order valence-electron chi connectivity index (χ4n) is 1.39. The molecule has 0 aliphatic heterocycles. The molecule has 0 unspecified atom stereocenters. The van der Waals surface area contributed by atoms with Crippen LogP contribution in [-0.4, -0.2) is 21.3 Å². The van der Waals surface area contributed by atoms with Gasteiger partial charge in [-0.1, -0.05) is 29.5 Å². The van der Waals surface area contributed by atoms with Crippen LogP contribution in [0.2, 0.25) is 0 Å². The smallest absolute Gasteiger partial charge is 0.228 e. The fraction of sp³-hybridized carbons (Fsp3) is 0.231. The predicted molar refractivity (Wildman–Crippen MR) is 71.0 cm³/mol. The molecule has 1 heterocycles. The molecule has 18 heavy (non-hydrogen) atoms. The van der Waals surface area contributed by atoms with Gasteiger partial charge in [0.15, 0.2) is 5.16 Å². The monoisotopic (exact) mass is 262 g/mol. The molecule has 0 amide bonds. The van der Waals surface area contributed by atoms with Crippen LogP contribution in [0.4, 0.5) is 0 Å². The van der Waals surface area contributed by atoms with Crippen LogP contribution in [0.25, 0.3) is 0 Å². The number of aliphatic hydroxyl groups excluding tert-OH is 1. The molecular formula is C13H14N2O2S. The third kappa shape index (κ3) is 3.00. The lowest BCUT2D eigenvalue weighted by atomic mass is 10.2. The number of hydrogen-bond acceptors (Lipinski definition) is 5. The van der Waals surface area contributed by atoms with E-state index in [1.807, 2.05) is 37.4 Å². The summed E-state index contributed by atoms with van der Waals surface area (Å²) in [5.41, 5.74) is 1.74. The minimum Gasteiger partial charge on any atom is -0.439 e. The van der Waals surface area contributed by atoms with Crippen molar-refractivity contribution in [3.8, 4) is 11.6 Å². The van der Waals surface area contributed by atoms with E-state index in [4.69, 9.17) is 4.74 Å². The topological polar surface area (TPSA) is 55.2 Å². The third-order valence-corrected chi connectivity index (χ3v) is 2.95. The Bertz CT molecular complexity index is 529. The van der Waals surface area contributed by atoms with Gasteiger partial charge in [-0.15, -0.1) is 0 Å². The van der Waals surface area contributed by atoms with Crippen LogP contribution in [0.1, 0.15) is 11.1 Å². The standard InChI is InChI=1S/C13H14N2O2S/c1-9-3-5-11(6-4-9)17-12-10(8-16)7-14-13(15-12)18-2/h3-7,16H,8H2,1-2H3. The van der Waals surface area contributed by atoms with Crippen molar-refractivity contribution < 1.29 is 9.84 Å². The highest BCUT2D eigenvalue weighted by atomic mass is 32.2. The summed E-state index contributed by atoms with van der Waals surface area (Å²) in [6.45, 7) is 1.87. The van der Waals surface area contributed by atoms with E-state index in [0.717, 1.165) is 5.56 Å². The molecule has 0 saturated heterocycles. The Kier molecular flexibility index (Phi) is 4.17. The van der Waals surface area contributed by atoms with Gasteiger partial charge < -0.3 is 9.84 Å². The van der Waals surface area contributed by atoms with Gasteiger partial charge in [0.05, 0.1) is 12.2 Å². The largest absolute Gasteiger partial charge is 0.439 e. The molecule has 0 aliphatic rings. The van der Waals surface area contributed by atoms with Crippen molar-refractivity contribution in [3.05, 3.63) is 41.6 Å². The van der Waals surface area contributed by atoms with E-state index >= 15 is 0 Å². The van der Waals surface area contributed by atoms with Crippen molar-refractivity contribution in [1.29, 1.82) is 0 Å². The van der Waals surface area contributed by atoms with Crippen LogP contribution >= 0.6 is 11.8 Å². The van der Waals surface area contributed by atoms with Gasteiger partial charge in [0.1, 0.15) is 5.75 Å². The molecular weight excluding hydrogens is 248 g/mol. The number of nitrogens with zero attached hydrogens (tertiary/aromatic N) is 2. The Morgan fingerprint density at radius 3 is 2.61 bits per heavy atom. The van der Waals surface area contributed by atoms with Crippen LogP contribution in [0.15, 0.2) is 35.6 Å². The van der Waals surface area contributed by atoms with Crippen molar-refractivity contribution in [2.24, 2.45) is 0 Å². The molecule has 2 rings (SSSR count). The molecule has 4 nitrogen and oxygen atoms in total. The highest BCUT2D eigenvalue weighted by Gasteiger charge is 2.08. The van der Waals surface area contributed by atoms with Crippen LogP contribution in [0, 0.1) is 6.92 Å². The van der Waals surface area contributed by atoms with Crippen molar-refractivity contribution in [1.82, 2.24) is 9.97 Å². The van der Waals surface area contributed by atoms with Gasteiger partial charge in [0.2, 0.25) is 5.88 Å². The predicted octanol–water partition coefficient (Wildman–Crippen LogP) is 2.79. The minimum absolute atomic E-state index is 0.143. The molecule has 94 valence electrons. The zero-order valence-electron chi connectivity index (χ0n) is 10.3.